The molecule has 0 radical (unpaired) electrons. The maximum Gasteiger partial charge on any atom is 0.184 e. The Hall–Kier alpha value is -3.49. The standard InChI is InChI=1S/C26H25ClFNO6/c1-15(12-21(31)16-5-8-22(35-11-10-30)24(14-16)34-3)26(32)20-7-9-23(33-2)25(29-20)17-4-6-19(28)18(27)13-17/h4-9,13-15,30H,10-12H2,1-3H3/t15-/m0/s1. The number of hydrogen-bond acceptors (Lipinski definition) is 7. The molecule has 2 aromatic carbocycles. The molecule has 3 rings (SSSR count). The first-order valence-electron chi connectivity index (χ1n) is 10.8. The number of halogens is 2. The Morgan fingerprint density at radius 3 is 2.40 bits per heavy atom. The van der Waals surface area contributed by atoms with Gasteiger partial charge in [0.05, 0.1) is 25.8 Å². The number of benzene rings is 2. The summed E-state index contributed by atoms with van der Waals surface area (Å²) in [4.78, 5) is 30.4. The Balaban J connectivity index is 1.80. The lowest BCUT2D eigenvalue weighted by atomic mass is 9.94. The molecule has 3 aromatic rings. The molecule has 0 unspecified atom stereocenters. The van der Waals surface area contributed by atoms with Gasteiger partial charge < -0.3 is 19.3 Å². The predicted molar refractivity (Wildman–Crippen MR) is 129 cm³/mol. The predicted octanol–water partition coefficient (Wildman–Crippen LogP) is 5.02. The molecule has 0 aliphatic rings. The molecule has 0 bridgehead atoms. The van der Waals surface area contributed by atoms with Gasteiger partial charge in [0, 0.05) is 23.5 Å². The van der Waals surface area contributed by atoms with Gasteiger partial charge in [0.25, 0.3) is 0 Å². The Morgan fingerprint density at radius 1 is 1.03 bits per heavy atom. The summed E-state index contributed by atoms with van der Waals surface area (Å²) >= 11 is 5.91. The lowest BCUT2D eigenvalue weighted by molar-refractivity contribution is 0.0859. The van der Waals surface area contributed by atoms with E-state index in [1.54, 1.807) is 25.1 Å². The van der Waals surface area contributed by atoms with E-state index in [1.807, 2.05) is 0 Å². The van der Waals surface area contributed by atoms with Gasteiger partial charge in [-0.25, -0.2) is 9.37 Å². The minimum absolute atomic E-state index is 0.0513. The summed E-state index contributed by atoms with van der Waals surface area (Å²) in [6.45, 7) is 1.59. The molecule has 0 saturated carbocycles. The van der Waals surface area contributed by atoms with Gasteiger partial charge in [0.1, 0.15) is 29.6 Å². The lowest BCUT2D eigenvalue weighted by Gasteiger charge is -2.14. The minimum atomic E-state index is -0.663. The number of methoxy groups -OCH3 is 2. The molecule has 7 nitrogen and oxygen atoms in total. The summed E-state index contributed by atoms with van der Waals surface area (Å²) in [6, 6.07) is 11.9. The van der Waals surface area contributed by atoms with Crippen LogP contribution in [0.15, 0.2) is 48.5 Å². The average molecular weight is 502 g/mol. The molecule has 1 aromatic heterocycles. The molecule has 1 atom stereocenters. The third-order valence-corrected chi connectivity index (χ3v) is 5.59. The number of aliphatic hydroxyl groups excluding tert-OH is 1. The maximum atomic E-state index is 13.6. The zero-order valence-corrected chi connectivity index (χ0v) is 20.3. The van der Waals surface area contributed by atoms with E-state index in [1.165, 1.54) is 44.6 Å². The Labute approximate surface area is 207 Å². The monoisotopic (exact) mass is 501 g/mol. The van der Waals surface area contributed by atoms with Crippen molar-refractivity contribution >= 4 is 23.2 Å². The highest BCUT2D eigenvalue weighted by Crippen LogP contribution is 2.32. The van der Waals surface area contributed by atoms with Crippen molar-refractivity contribution in [2.24, 2.45) is 5.92 Å². The molecule has 9 heteroatoms. The van der Waals surface area contributed by atoms with E-state index in [4.69, 9.17) is 30.9 Å². The maximum absolute atomic E-state index is 13.6. The number of ketones is 2. The average Bonchev–Trinajstić information content (AvgIpc) is 2.87. The van der Waals surface area contributed by atoms with Gasteiger partial charge in [-0.15, -0.1) is 0 Å². The van der Waals surface area contributed by atoms with Crippen LogP contribution in [0.4, 0.5) is 4.39 Å². The number of carbonyl (C=O) groups is 2. The molecule has 1 heterocycles. The molecule has 0 saturated heterocycles. The molecule has 184 valence electrons. The topological polar surface area (TPSA) is 95.0 Å². The highest BCUT2D eigenvalue weighted by Gasteiger charge is 2.23. The lowest BCUT2D eigenvalue weighted by Crippen LogP contribution is -2.17. The van der Waals surface area contributed by atoms with Gasteiger partial charge in [-0.2, -0.15) is 0 Å². The molecular formula is C26H25ClFNO6. The fourth-order valence-corrected chi connectivity index (χ4v) is 3.64. The normalized spacial score (nSPS) is 11.6. The van der Waals surface area contributed by atoms with Crippen LogP contribution < -0.4 is 14.2 Å². The van der Waals surface area contributed by atoms with Gasteiger partial charge in [-0.1, -0.05) is 18.5 Å². The molecule has 0 amide bonds. The van der Waals surface area contributed by atoms with Crippen LogP contribution in [-0.2, 0) is 0 Å². The van der Waals surface area contributed by atoms with E-state index in [0.29, 0.717) is 34.1 Å². The van der Waals surface area contributed by atoms with Crippen molar-refractivity contribution in [1.82, 2.24) is 4.98 Å². The number of hydrogen-bond donors (Lipinski definition) is 1. The van der Waals surface area contributed by atoms with Crippen LogP contribution in [-0.4, -0.2) is 49.1 Å². The summed E-state index contributed by atoms with van der Waals surface area (Å²) in [7, 11) is 2.91. The number of rotatable bonds is 11. The molecular weight excluding hydrogens is 477 g/mol. The quantitative estimate of drug-likeness (QED) is 0.368. The van der Waals surface area contributed by atoms with Gasteiger partial charge in [0.2, 0.25) is 0 Å². The summed E-state index contributed by atoms with van der Waals surface area (Å²) in [5.41, 5.74) is 1.33. The zero-order chi connectivity index (χ0) is 25.5. The number of ether oxygens (including phenoxy) is 3. The zero-order valence-electron chi connectivity index (χ0n) is 19.5. The Bertz CT molecular complexity index is 1230. The van der Waals surface area contributed by atoms with Gasteiger partial charge >= 0.3 is 0 Å². The highest BCUT2D eigenvalue weighted by molar-refractivity contribution is 6.31. The first-order valence-corrected chi connectivity index (χ1v) is 11.2. The second kappa shape index (κ2) is 11.8. The first-order chi connectivity index (χ1) is 16.8. The second-order valence-electron chi connectivity index (χ2n) is 7.71. The van der Waals surface area contributed by atoms with Crippen LogP contribution in [0, 0.1) is 11.7 Å². The van der Waals surface area contributed by atoms with Crippen molar-refractivity contribution in [1.29, 1.82) is 0 Å². The van der Waals surface area contributed by atoms with Crippen LogP contribution in [0.5, 0.6) is 17.2 Å². The smallest absolute Gasteiger partial charge is 0.184 e. The second-order valence-corrected chi connectivity index (χ2v) is 8.11. The fourth-order valence-electron chi connectivity index (χ4n) is 3.46. The van der Waals surface area contributed by atoms with Crippen molar-refractivity contribution in [3.8, 4) is 28.5 Å². The molecule has 0 aliphatic carbocycles. The number of pyridine rings is 1. The summed E-state index contributed by atoms with van der Waals surface area (Å²) < 4.78 is 29.6. The third kappa shape index (κ3) is 6.15. The van der Waals surface area contributed by atoms with E-state index in [2.05, 4.69) is 4.98 Å². The largest absolute Gasteiger partial charge is 0.494 e. The van der Waals surface area contributed by atoms with E-state index >= 15 is 0 Å². The van der Waals surface area contributed by atoms with Crippen LogP contribution in [0.3, 0.4) is 0 Å². The molecule has 0 spiro atoms. The number of aliphatic hydroxyl groups is 1. The Kier molecular flexibility index (Phi) is 8.78. The van der Waals surface area contributed by atoms with Crippen molar-refractivity contribution < 1.29 is 33.3 Å². The van der Waals surface area contributed by atoms with Crippen LogP contribution >= 0.6 is 11.6 Å². The number of nitrogens with zero attached hydrogens (tertiary/aromatic N) is 1. The number of carbonyl (C=O) groups excluding carboxylic acids is 2. The van der Waals surface area contributed by atoms with Crippen molar-refractivity contribution in [3.63, 3.8) is 0 Å². The summed E-state index contributed by atoms with van der Waals surface area (Å²) in [5.74, 6) is -0.672. The van der Waals surface area contributed by atoms with Gasteiger partial charge in [-0.3, -0.25) is 9.59 Å². The molecule has 0 aliphatic heterocycles. The molecule has 0 fully saturated rings. The highest BCUT2D eigenvalue weighted by atomic mass is 35.5. The van der Waals surface area contributed by atoms with E-state index < -0.39 is 11.7 Å². The first kappa shape index (κ1) is 26.1. The number of Topliss-reactive ketones (excluding diaryl/α,β-unsaturated/α-hetero) is 2. The molecule has 1 N–H and O–H groups in total. The van der Waals surface area contributed by atoms with Gasteiger partial charge in [0.15, 0.2) is 23.1 Å². The van der Waals surface area contributed by atoms with Crippen LogP contribution in [0.1, 0.15) is 34.2 Å². The van der Waals surface area contributed by atoms with E-state index in [0.717, 1.165) is 0 Å². The van der Waals surface area contributed by atoms with Crippen LogP contribution in [0.2, 0.25) is 5.02 Å². The molecule has 35 heavy (non-hydrogen) atoms. The van der Waals surface area contributed by atoms with Crippen LogP contribution in [0.25, 0.3) is 11.3 Å². The van der Waals surface area contributed by atoms with Crippen molar-refractivity contribution in [3.05, 3.63) is 70.6 Å². The fraction of sp³-hybridized carbons (Fsp3) is 0.269. The van der Waals surface area contributed by atoms with Crippen molar-refractivity contribution in [2.45, 2.75) is 13.3 Å². The minimum Gasteiger partial charge on any atom is -0.494 e. The number of aromatic nitrogens is 1. The summed E-state index contributed by atoms with van der Waals surface area (Å²) in [5, 5.41) is 8.85. The van der Waals surface area contributed by atoms with E-state index in [9.17, 15) is 14.0 Å². The van der Waals surface area contributed by atoms with Crippen molar-refractivity contribution in [2.75, 3.05) is 27.4 Å². The summed E-state index contributed by atoms with van der Waals surface area (Å²) in [6.07, 6.45) is -0.0513. The van der Waals surface area contributed by atoms with E-state index in [-0.39, 0.29) is 41.9 Å². The Morgan fingerprint density at radius 2 is 1.74 bits per heavy atom. The third-order valence-electron chi connectivity index (χ3n) is 5.30. The SMILES string of the molecule is COc1cc(C(=O)C[C@H](C)C(=O)c2ccc(OC)c(-c3ccc(F)c(Cl)c3)n2)ccc1OCCO. The van der Waals surface area contributed by atoms with Gasteiger partial charge in [-0.05, 0) is 48.5 Å².